The summed E-state index contributed by atoms with van der Waals surface area (Å²) in [5.74, 6) is -3.22. The molecule has 3 rings (SSSR count). The average molecular weight is 462 g/mol. The van der Waals surface area contributed by atoms with E-state index in [9.17, 15) is 27.2 Å². The molecule has 172 valence electrons. The summed E-state index contributed by atoms with van der Waals surface area (Å²) in [6.07, 6.45) is -3.51. The number of aromatic nitrogens is 1. The van der Waals surface area contributed by atoms with Crippen LogP contribution in [0.25, 0.3) is 0 Å². The van der Waals surface area contributed by atoms with Gasteiger partial charge in [0.1, 0.15) is 12.4 Å². The van der Waals surface area contributed by atoms with Gasteiger partial charge in [-0.05, 0) is 42.8 Å². The van der Waals surface area contributed by atoms with E-state index < -0.39 is 41.5 Å². The van der Waals surface area contributed by atoms with Crippen molar-refractivity contribution in [1.29, 1.82) is 0 Å². The van der Waals surface area contributed by atoms with E-state index in [0.29, 0.717) is 23.9 Å². The van der Waals surface area contributed by atoms with Crippen LogP contribution >= 0.6 is 0 Å². The van der Waals surface area contributed by atoms with Crippen molar-refractivity contribution in [3.63, 3.8) is 0 Å². The molecule has 0 unspecified atom stereocenters. The van der Waals surface area contributed by atoms with Crippen LogP contribution in [0.2, 0.25) is 0 Å². The second kappa shape index (κ2) is 9.55. The molecule has 0 aliphatic carbocycles. The molecule has 7 nitrogen and oxygen atoms in total. The number of hydrogen-bond donors (Lipinski definition) is 4. The fourth-order valence-electron chi connectivity index (χ4n) is 2.85. The fourth-order valence-corrected chi connectivity index (χ4v) is 2.85. The number of benzene rings is 2. The number of carbonyl (C=O) groups is 2. The Balaban J connectivity index is 1.96. The quantitative estimate of drug-likeness (QED) is 0.367. The van der Waals surface area contributed by atoms with Gasteiger partial charge >= 0.3 is 12.1 Å². The Bertz CT molecular complexity index is 1200. The van der Waals surface area contributed by atoms with Gasteiger partial charge in [0.15, 0.2) is 5.82 Å². The largest absolute Gasteiger partial charge is 0.480 e. The zero-order valence-electron chi connectivity index (χ0n) is 17.1. The van der Waals surface area contributed by atoms with Crippen LogP contribution in [0.3, 0.4) is 0 Å². The fraction of sp³-hybridized carbons (Fsp3) is 0.136. The molecule has 1 aromatic heterocycles. The van der Waals surface area contributed by atoms with Crippen molar-refractivity contribution in [2.24, 2.45) is 0 Å². The van der Waals surface area contributed by atoms with Gasteiger partial charge in [-0.25, -0.2) is 9.37 Å². The van der Waals surface area contributed by atoms with Gasteiger partial charge in [0.05, 0.1) is 23.1 Å². The van der Waals surface area contributed by atoms with E-state index >= 15 is 0 Å². The van der Waals surface area contributed by atoms with E-state index in [4.69, 9.17) is 5.11 Å². The summed E-state index contributed by atoms with van der Waals surface area (Å²) in [6.45, 7) is 1.40. The number of anilines is 4. The Morgan fingerprint density at radius 3 is 2.45 bits per heavy atom. The van der Waals surface area contributed by atoms with Crippen molar-refractivity contribution in [2.45, 2.75) is 13.1 Å². The van der Waals surface area contributed by atoms with E-state index in [2.05, 4.69) is 20.9 Å². The Kier molecular flexibility index (Phi) is 6.80. The first-order valence-corrected chi connectivity index (χ1v) is 9.50. The topological polar surface area (TPSA) is 103 Å². The molecule has 0 atom stereocenters. The number of aliphatic carboxylic acids is 1. The second-order valence-corrected chi connectivity index (χ2v) is 6.99. The standard InChI is InChI=1S/C22H18F4N4O3/c1-12-4-2-3-5-17(12)29-20-18(9-16(10-28-20)27-11-19(31)32)30-21(33)13-6-14(22(24,25)26)8-15(23)7-13/h2-10,27H,11H2,1H3,(H,28,29)(H,30,33)(H,31,32). The first kappa shape index (κ1) is 23.5. The molecule has 4 N–H and O–H groups in total. The van der Waals surface area contributed by atoms with Crippen LogP contribution < -0.4 is 16.0 Å². The van der Waals surface area contributed by atoms with Crippen LogP contribution in [0.5, 0.6) is 0 Å². The number of amides is 1. The number of halogens is 4. The molecule has 11 heteroatoms. The number of rotatable bonds is 7. The van der Waals surface area contributed by atoms with Gasteiger partial charge in [0.2, 0.25) is 0 Å². The number of carboxylic acids is 1. The van der Waals surface area contributed by atoms with Crippen LogP contribution in [0.4, 0.5) is 40.4 Å². The minimum atomic E-state index is -4.84. The lowest BCUT2D eigenvalue weighted by atomic mass is 10.1. The summed E-state index contributed by atoms with van der Waals surface area (Å²) in [6, 6.07) is 10.0. The van der Waals surface area contributed by atoms with Crippen molar-refractivity contribution in [3.8, 4) is 0 Å². The summed E-state index contributed by atoms with van der Waals surface area (Å²) in [5.41, 5.74) is -0.0786. The molecule has 3 aromatic rings. The third kappa shape index (κ3) is 6.19. The molecule has 0 fully saturated rings. The number of carbonyl (C=O) groups excluding carboxylic acids is 1. The van der Waals surface area contributed by atoms with E-state index in [1.807, 2.05) is 19.1 Å². The normalized spacial score (nSPS) is 11.1. The number of carboxylic acid groups (broad SMARTS) is 1. The molecule has 0 saturated carbocycles. The highest BCUT2D eigenvalue weighted by Gasteiger charge is 2.32. The summed E-state index contributed by atoms with van der Waals surface area (Å²) < 4.78 is 52.8. The lowest BCUT2D eigenvalue weighted by Gasteiger charge is -2.16. The molecule has 0 radical (unpaired) electrons. The third-order valence-corrected chi connectivity index (χ3v) is 4.47. The number of para-hydroxylation sites is 1. The lowest BCUT2D eigenvalue weighted by molar-refractivity contribution is -0.138. The molecule has 1 amide bonds. The molecular formula is C22H18F4N4O3. The summed E-state index contributed by atoms with van der Waals surface area (Å²) in [7, 11) is 0. The number of alkyl halides is 3. The number of hydrogen-bond acceptors (Lipinski definition) is 5. The first-order chi connectivity index (χ1) is 15.5. The van der Waals surface area contributed by atoms with Gasteiger partial charge in [-0.1, -0.05) is 18.2 Å². The summed E-state index contributed by atoms with van der Waals surface area (Å²) >= 11 is 0. The predicted molar refractivity (Wildman–Crippen MR) is 114 cm³/mol. The molecule has 0 saturated heterocycles. The number of nitrogens with zero attached hydrogens (tertiary/aromatic N) is 1. The van der Waals surface area contributed by atoms with Gasteiger partial charge in [0.25, 0.3) is 5.91 Å². The molecule has 0 aliphatic heterocycles. The van der Waals surface area contributed by atoms with E-state index in [1.54, 1.807) is 12.1 Å². The highest BCUT2D eigenvalue weighted by Crippen LogP contribution is 2.32. The summed E-state index contributed by atoms with van der Waals surface area (Å²) in [5, 5.41) is 16.9. The van der Waals surface area contributed by atoms with Crippen molar-refractivity contribution in [3.05, 3.63) is 77.2 Å². The molecule has 2 aromatic carbocycles. The van der Waals surface area contributed by atoms with E-state index in [0.717, 1.165) is 5.56 Å². The Morgan fingerprint density at radius 1 is 1.06 bits per heavy atom. The maximum absolute atomic E-state index is 13.7. The molecule has 0 bridgehead atoms. The maximum Gasteiger partial charge on any atom is 0.416 e. The molecular weight excluding hydrogens is 444 g/mol. The lowest BCUT2D eigenvalue weighted by Crippen LogP contribution is -2.17. The highest BCUT2D eigenvalue weighted by atomic mass is 19.4. The van der Waals surface area contributed by atoms with Crippen LogP contribution in [0, 0.1) is 12.7 Å². The molecule has 33 heavy (non-hydrogen) atoms. The van der Waals surface area contributed by atoms with Crippen molar-refractivity contribution < 1.29 is 32.3 Å². The van der Waals surface area contributed by atoms with Gasteiger partial charge in [-0.3, -0.25) is 9.59 Å². The smallest absolute Gasteiger partial charge is 0.416 e. The van der Waals surface area contributed by atoms with Crippen molar-refractivity contribution in [1.82, 2.24) is 4.98 Å². The second-order valence-electron chi connectivity index (χ2n) is 6.99. The van der Waals surface area contributed by atoms with Crippen molar-refractivity contribution in [2.75, 3.05) is 22.5 Å². The minimum Gasteiger partial charge on any atom is -0.480 e. The highest BCUT2D eigenvalue weighted by molar-refractivity contribution is 6.06. The van der Waals surface area contributed by atoms with Crippen LogP contribution in [0.1, 0.15) is 21.5 Å². The summed E-state index contributed by atoms with van der Waals surface area (Å²) in [4.78, 5) is 27.7. The minimum absolute atomic E-state index is 0.0384. The third-order valence-electron chi connectivity index (χ3n) is 4.47. The van der Waals surface area contributed by atoms with Crippen LogP contribution in [-0.4, -0.2) is 28.5 Å². The predicted octanol–water partition coefficient (Wildman–Crippen LogP) is 5.04. The maximum atomic E-state index is 13.7. The van der Waals surface area contributed by atoms with Gasteiger partial charge < -0.3 is 21.1 Å². The van der Waals surface area contributed by atoms with Gasteiger partial charge in [-0.15, -0.1) is 0 Å². The number of pyridine rings is 1. The van der Waals surface area contributed by atoms with E-state index in [-0.39, 0.29) is 17.2 Å². The Hall–Kier alpha value is -4.15. The number of aryl methyl sites for hydroxylation is 1. The SMILES string of the molecule is Cc1ccccc1Nc1ncc(NCC(=O)O)cc1NC(=O)c1cc(F)cc(C(F)(F)F)c1. The zero-order chi connectivity index (χ0) is 24.2. The van der Waals surface area contributed by atoms with Gasteiger partial charge in [-0.2, -0.15) is 13.2 Å². The Labute approximate surface area is 185 Å². The van der Waals surface area contributed by atoms with Crippen LogP contribution in [-0.2, 0) is 11.0 Å². The monoisotopic (exact) mass is 462 g/mol. The zero-order valence-corrected chi connectivity index (χ0v) is 17.1. The Morgan fingerprint density at radius 2 is 1.79 bits per heavy atom. The number of nitrogens with one attached hydrogen (secondary N) is 3. The first-order valence-electron chi connectivity index (χ1n) is 9.50. The average Bonchev–Trinajstić information content (AvgIpc) is 2.74. The van der Waals surface area contributed by atoms with Crippen molar-refractivity contribution >= 4 is 34.8 Å². The van der Waals surface area contributed by atoms with Crippen LogP contribution in [0.15, 0.2) is 54.7 Å². The van der Waals surface area contributed by atoms with E-state index in [1.165, 1.54) is 12.3 Å². The molecule has 0 spiro atoms. The molecule has 0 aliphatic rings. The molecule has 1 heterocycles. The van der Waals surface area contributed by atoms with Gasteiger partial charge in [0, 0.05) is 11.3 Å².